The third-order valence-electron chi connectivity index (χ3n) is 3.51. The molecule has 0 fully saturated rings. The molecule has 0 aliphatic heterocycles. The number of rotatable bonds is 6. The topological polar surface area (TPSA) is 94.3 Å². The zero-order chi connectivity index (χ0) is 14.7. The molecule has 0 bridgehead atoms. The van der Waals surface area contributed by atoms with Gasteiger partial charge < -0.3 is 21.1 Å². The van der Waals surface area contributed by atoms with Crippen molar-refractivity contribution >= 4 is 16.9 Å². The molecule has 0 spiro atoms. The van der Waals surface area contributed by atoms with Crippen LogP contribution in [-0.2, 0) is 13.0 Å². The third-order valence-corrected chi connectivity index (χ3v) is 3.51. The minimum Gasteiger partial charge on any atom is -0.478 e. The van der Waals surface area contributed by atoms with Crippen LogP contribution in [0.2, 0.25) is 0 Å². The van der Waals surface area contributed by atoms with E-state index in [0.717, 1.165) is 41.4 Å². The van der Waals surface area contributed by atoms with Crippen molar-refractivity contribution in [1.82, 2.24) is 4.57 Å². The molecule has 2 aromatic rings. The first-order valence-electron chi connectivity index (χ1n) is 6.84. The van der Waals surface area contributed by atoms with Gasteiger partial charge >= 0.3 is 5.97 Å². The maximum Gasteiger partial charge on any atom is 0.335 e. The van der Waals surface area contributed by atoms with Crippen molar-refractivity contribution in [1.29, 1.82) is 0 Å². The lowest BCUT2D eigenvalue weighted by Gasteiger charge is -2.07. The van der Waals surface area contributed by atoms with Crippen molar-refractivity contribution in [3.05, 3.63) is 35.0 Å². The van der Waals surface area contributed by atoms with E-state index in [-0.39, 0.29) is 0 Å². The van der Waals surface area contributed by atoms with Crippen molar-refractivity contribution in [2.24, 2.45) is 11.5 Å². The highest BCUT2D eigenvalue weighted by molar-refractivity contribution is 5.96. The Balaban J connectivity index is 2.62. The fourth-order valence-corrected chi connectivity index (χ4v) is 2.64. The van der Waals surface area contributed by atoms with E-state index in [1.807, 2.05) is 6.92 Å². The second-order valence-corrected chi connectivity index (χ2v) is 5.02. The van der Waals surface area contributed by atoms with E-state index >= 15 is 0 Å². The monoisotopic (exact) mass is 275 g/mol. The summed E-state index contributed by atoms with van der Waals surface area (Å²) in [4.78, 5) is 11.2. The van der Waals surface area contributed by atoms with Crippen molar-refractivity contribution in [3.8, 4) is 0 Å². The van der Waals surface area contributed by atoms with Gasteiger partial charge in [-0.15, -0.1) is 0 Å². The van der Waals surface area contributed by atoms with Crippen LogP contribution in [0, 0.1) is 6.92 Å². The molecule has 0 aliphatic carbocycles. The Kier molecular flexibility index (Phi) is 4.42. The average Bonchev–Trinajstić information content (AvgIpc) is 2.75. The van der Waals surface area contributed by atoms with Gasteiger partial charge in [0.25, 0.3) is 0 Å². The predicted octanol–water partition coefficient (Wildman–Crippen LogP) is 1.50. The highest BCUT2D eigenvalue weighted by Gasteiger charge is 2.14. The van der Waals surface area contributed by atoms with Gasteiger partial charge in [0, 0.05) is 18.1 Å². The largest absolute Gasteiger partial charge is 0.478 e. The summed E-state index contributed by atoms with van der Waals surface area (Å²) in [7, 11) is 0. The van der Waals surface area contributed by atoms with Gasteiger partial charge in [-0.05, 0) is 56.1 Å². The van der Waals surface area contributed by atoms with Crippen molar-refractivity contribution in [3.63, 3.8) is 0 Å². The zero-order valence-corrected chi connectivity index (χ0v) is 11.7. The van der Waals surface area contributed by atoms with E-state index in [1.54, 1.807) is 12.1 Å². The quantitative estimate of drug-likeness (QED) is 0.744. The van der Waals surface area contributed by atoms with Crippen LogP contribution >= 0.6 is 0 Å². The maximum absolute atomic E-state index is 11.2. The SMILES string of the molecule is Cc1cc(C(=O)O)cc2c(CCN)cn(CCCN)c12. The molecular formula is C15H21N3O2. The van der Waals surface area contributed by atoms with E-state index in [9.17, 15) is 9.90 Å². The van der Waals surface area contributed by atoms with Gasteiger partial charge in [0.05, 0.1) is 11.1 Å². The molecule has 0 saturated heterocycles. The second kappa shape index (κ2) is 6.07. The zero-order valence-electron chi connectivity index (χ0n) is 11.7. The number of aryl methyl sites for hydroxylation is 2. The van der Waals surface area contributed by atoms with Crippen LogP contribution in [-0.4, -0.2) is 28.7 Å². The summed E-state index contributed by atoms with van der Waals surface area (Å²) < 4.78 is 2.16. The van der Waals surface area contributed by atoms with Gasteiger partial charge in [-0.1, -0.05) is 0 Å². The van der Waals surface area contributed by atoms with E-state index in [4.69, 9.17) is 11.5 Å². The number of aromatic carboxylic acids is 1. The first-order chi connectivity index (χ1) is 9.58. The van der Waals surface area contributed by atoms with Crippen LogP contribution in [0.15, 0.2) is 18.3 Å². The number of carbonyl (C=O) groups is 1. The molecule has 5 N–H and O–H groups in total. The summed E-state index contributed by atoms with van der Waals surface area (Å²) in [6.07, 6.45) is 3.71. The molecule has 0 saturated carbocycles. The summed E-state index contributed by atoms with van der Waals surface area (Å²) in [6.45, 7) is 3.97. The van der Waals surface area contributed by atoms with E-state index in [2.05, 4.69) is 10.8 Å². The van der Waals surface area contributed by atoms with Crippen LogP contribution in [0.1, 0.15) is 27.9 Å². The molecule has 0 amide bonds. The minimum atomic E-state index is -0.900. The van der Waals surface area contributed by atoms with Crippen LogP contribution in [0.5, 0.6) is 0 Å². The number of fused-ring (bicyclic) bond motifs is 1. The van der Waals surface area contributed by atoms with Gasteiger partial charge in [-0.3, -0.25) is 0 Å². The fourth-order valence-electron chi connectivity index (χ4n) is 2.64. The maximum atomic E-state index is 11.2. The summed E-state index contributed by atoms with van der Waals surface area (Å²) in [5.74, 6) is -0.900. The highest BCUT2D eigenvalue weighted by Crippen LogP contribution is 2.27. The third kappa shape index (κ3) is 2.69. The molecule has 0 radical (unpaired) electrons. The molecule has 0 aliphatic rings. The Hall–Kier alpha value is -1.85. The van der Waals surface area contributed by atoms with Gasteiger partial charge in [0.1, 0.15) is 0 Å². The number of carboxylic acid groups (broad SMARTS) is 1. The molecule has 0 unspecified atom stereocenters. The lowest BCUT2D eigenvalue weighted by Crippen LogP contribution is -2.06. The molecule has 1 aromatic heterocycles. The molecule has 20 heavy (non-hydrogen) atoms. The molecule has 2 rings (SSSR count). The molecule has 1 aromatic carbocycles. The number of hydrogen-bond acceptors (Lipinski definition) is 3. The Bertz CT molecular complexity index is 632. The highest BCUT2D eigenvalue weighted by atomic mass is 16.4. The molecule has 0 atom stereocenters. The van der Waals surface area contributed by atoms with E-state index in [0.29, 0.717) is 18.7 Å². The van der Waals surface area contributed by atoms with Gasteiger partial charge in [-0.25, -0.2) is 4.79 Å². The van der Waals surface area contributed by atoms with Gasteiger partial charge in [0.15, 0.2) is 0 Å². The Morgan fingerprint density at radius 2 is 2.05 bits per heavy atom. The number of nitrogens with two attached hydrogens (primary N) is 2. The Labute approximate surface area is 118 Å². The molecule has 5 nitrogen and oxygen atoms in total. The lowest BCUT2D eigenvalue weighted by atomic mass is 10.0. The first-order valence-corrected chi connectivity index (χ1v) is 6.84. The Morgan fingerprint density at radius 3 is 2.65 bits per heavy atom. The number of carboxylic acids is 1. The lowest BCUT2D eigenvalue weighted by molar-refractivity contribution is 0.0697. The second-order valence-electron chi connectivity index (χ2n) is 5.02. The smallest absolute Gasteiger partial charge is 0.335 e. The van der Waals surface area contributed by atoms with Crippen LogP contribution in [0.4, 0.5) is 0 Å². The molecule has 5 heteroatoms. The van der Waals surface area contributed by atoms with Crippen LogP contribution in [0.3, 0.4) is 0 Å². The van der Waals surface area contributed by atoms with Crippen LogP contribution in [0.25, 0.3) is 10.9 Å². The fraction of sp³-hybridized carbons (Fsp3) is 0.400. The summed E-state index contributed by atoms with van der Waals surface area (Å²) in [5, 5.41) is 10.2. The van der Waals surface area contributed by atoms with E-state index < -0.39 is 5.97 Å². The Morgan fingerprint density at radius 1 is 1.30 bits per heavy atom. The predicted molar refractivity (Wildman–Crippen MR) is 80.1 cm³/mol. The van der Waals surface area contributed by atoms with Crippen molar-refractivity contribution in [2.75, 3.05) is 13.1 Å². The van der Waals surface area contributed by atoms with Gasteiger partial charge in [-0.2, -0.15) is 0 Å². The van der Waals surface area contributed by atoms with Crippen molar-refractivity contribution < 1.29 is 9.90 Å². The summed E-state index contributed by atoms with van der Waals surface area (Å²) >= 11 is 0. The molecule has 108 valence electrons. The number of aromatic nitrogens is 1. The number of nitrogens with zero attached hydrogens (tertiary/aromatic N) is 1. The summed E-state index contributed by atoms with van der Waals surface area (Å²) in [5.41, 5.74) is 14.7. The minimum absolute atomic E-state index is 0.324. The van der Waals surface area contributed by atoms with Gasteiger partial charge in [0.2, 0.25) is 0 Å². The first kappa shape index (κ1) is 14.6. The van der Waals surface area contributed by atoms with Crippen LogP contribution < -0.4 is 11.5 Å². The normalized spacial score (nSPS) is 11.2. The average molecular weight is 275 g/mol. The summed E-state index contributed by atoms with van der Waals surface area (Å²) in [6, 6.07) is 3.46. The van der Waals surface area contributed by atoms with E-state index in [1.165, 1.54) is 0 Å². The number of benzene rings is 1. The standard InChI is InChI=1S/C15H21N3O2/c1-10-7-12(15(19)20)8-13-11(3-5-17)9-18(14(10)13)6-2-4-16/h7-9H,2-6,16-17H2,1H3,(H,19,20). The molecular weight excluding hydrogens is 254 g/mol. The number of hydrogen-bond donors (Lipinski definition) is 3. The van der Waals surface area contributed by atoms with Crippen molar-refractivity contribution in [2.45, 2.75) is 26.3 Å². The molecule has 1 heterocycles.